The number of hydrogen-bond donors (Lipinski definition) is 0. The summed E-state index contributed by atoms with van der Waals surface area (Å²) in [6, 6.07) is 12.9. The van der Waals surface area contributed by atoms with Gasteiger partial charge in [-0.3, -0.25) is 9.48 Å². The Kier molecular flexibility index (Phi) is 4.48. The van der Waals surface area contributed by atoms with Crippen LogP contribution < -0.4 is 0 Å². The molecule has 5 heteroatoms. The molecule has 3 aromatic rings. The van der Waals surface area contributed by atoms with Crippen molar-refractivity contribution in [2.45, 2.75) is 13.8 Å². The van der Waals surface area contributed by atoms with Gasteiger partial charge in [0.15, 0.2) is 5.78 Å². The Bertz CT molecular complexity index is 927. The maximum atomic E-state index is 13.1. The van der Waals surface area contributed by atoms with Crippen LogP contribution in [0.2, 0.25) is 10.0 Å². The van der Waals surface area contributed by atoms with E-state index in [0.717, 1.165) is 16.8 Å². The molecule has 0 aliphatic rings. The third-order valence-electron chi connectivity index (χ3n) is 3.95. The Labute approximate surface area is 150 Å². The van der Waals surface area contributed by atoms with Crippen LogP contribution in [-0.2, 0) is 7.05 Å². The predicted molar refractivity (Wildman–Crippen MR) is 98.0 cm³/mol. The minimum absolute atomic E-state index is 0.155. The van der Waals surface area contributed by atoms with Crippen molar-refractivity contribution in [3.8, 4) is 11.3 Å². The predicted octanol–water partition coefficient (Wildman–Crippen LogP) is 5.24. The highest BCUT2D eigenvalue weighted by molar-refractivity contribution is 6.37. The maximum Gasteiger partial charge on any atom is 0.198 e. The second-order valence-electron chi connectivity index (χ2n) is 5.75. The first-order valence-corrected chi connectivity index (χ1v) is 8.24. The number of halogens is 2. The first-order chi connectivity index (χ1) is 11.4. The Morgan fingerprint density at radius 1 is 1.04 bits per heavy atom. The monoisotopic (exact) mass is 358 g/mol. The van der Waals surface area contributed by atoms with Crippen LogP contribution in [0.1, 0.15) is 27.2 Å². The summed E-state index contributed by atoms with van der Waals surface area (Å²) >= 11 is 12.2. The van der Waals surface area contributed by atoms with Gasteiger partial charge in [-0.05, 0) is 32.0 Å². The quantitative estimate of drug-likeness (QED) is 0.600. The summed E-state index contributed by atoms with van der Waals surface area (Å²) in [4.78, 5) is 13.1. The van der Waals surface area contributed by atoms with Crippen molar-refractivity contribution in [3.05, 3.63) is 74.9 Å². The van der Waals surface area contributed by atoms with E-state index in [9.17, 15) is 4.79 Å². The van der Waals surface area contributed by atoms with Crippen molar-refractivity contribution in [2.75, 3.05) is 0 Å². The molecular formula is C19H16Cl2N2O. The second kappa shape index (κ2) is 6.42. The molecule has 3 rings (SSSR count). The average Bonchev–Trinajstić information content (AvgIpc) is 2.82. The Morgan fingerprint density at radius 3 is 2.33 bits per heavy atom. The van der Waals surface area contributed by atoms with E-state index in [2.05, 4.69) is 5.10 Å². The van der Waals surface area contributed by atoms with Crippen molar-refractivity contribution >= 4 is 29.0 Å². The van der Waals surface area contributed by atoms with Gasteiger partial charge < -0.3 is 0 Å². The fourth-order valence-corrected chi connectivity index (χ4v) is 3.28. The van der Waals surface area contributed by atoms with E-state index in [1.54, 1.807) is 22.9 Å². The van der Waals surface area contributed by atoms with Crippen LogP contribution in [0.25, 0.3) is 11.3 Å². The zero-order valence-electron chi connectivity index (χ0n) is 13.6. The number of nitrogens with zero attached hydrogens (tertiary/aromatic N) is 2. The number of rotatable bonds is 3. The Balaban J connectivity index is 2.17. The zero-order valence-corrected chi connectivity index (χ0v) is 15.1. The molecule has 0 N–H and O–H groups in total. The van der Waals surface area contributed by atoms with Crippen LogP contribution in [0.3, 0.4) is 0 Å². The van der Waals surface area contributed by atoms with Crippen LogP contribution in [0.4, 0.5) is 0 Å². The first-order valence-electron chi connectivity index (χ1n) is 7.49. The van der Waals surface area contributed by atoms with E-state index >= 15 is 0 Å². The molecule has 1 aromatic heterocycles. The fraction of sp³-hybridized carbons (Fsp3) is 0.158. The van der Waals surface area contributed by atoms with Crippen molar-refractivity contribution in [2.24, 2.45) is 7.05 Å². The van der Waals surface area contributed by atoms with Gasteiger partial charge in [-0.15, -0.1) is 0 Å². The highest BCUT2D eigenvalue weighted by Crippen LogP contribution is 2.31. The summed E-state index contributed by atoms with van der Waals surface area (Å²) in [7, 11) is 1.84. The third-order valence-corrected chi connectivity index (χ3v) is 4.50. The van der Waals surface area contributed by atoms with Gasteiger partial charge in [-0.1, -0.05) is 53.0 Å². The summed E-state index contributed by atoms with van der Waals surface area (Å²) < 4.78 is 1.73. The smallest absolute Gasteiger partial charge is 0.198 e. The van der Waals surface area contributed by atoms with Gasteiger partial charge in [0.05, 0.1) is 22.0 Å². The number of ketones is 1. The lowest BCUT2D eigenvalue weighted by atomic mass is 9.97. The number of benzene rings is 2. The van der Waals surface area contributed by atoms with E-state index in [-0.39, 0.29) is 5.78 Å². The van der Waals surface area contributed by atoms with Crippen LogP contribution >= 0.6 is 23.2 Å². The van der Waals surface area contributed by atoms with Gasteiger partial charge in [0.1, 0.15) is 0 Å². The van der Waals surface area contributed by atoms with Crippen LogP contribution in [-0.4, -0.2) is 15.6 Å². The Hall–Kier alpha value is -2.10. The van der Waals surface area contributed by atoms with E-state index < -0.39 is 0 Å². The van der Waals surface area contributed by atoms with Crippen molar-refractivity contribution in [3.63, 3.8) is 0 Å². The molecule has 0 bridgehead atoms. The fourth-order valence-electron chi connectivity index (χ4n) is 2.78. The summed E-state index contributed by atoms with van der Waals surface area (Å²) in [6.45, 7) is 3.85. The molecule has 0 atom stereocenters. The summed E-state index contributed by atoms with van der Waals surface area (Å²) in [5.41, 5.74) is 4.53. The first kappa shape index (κ1) is 16.7. The summed E-state index contributed by atoms with van der Waals surface area (Å²) in [6.07, 6.45) is 0. The molecule has 0 unspecified atom stereocenters. The highest BCUT2D eigenvalue weighted by Gasteiger charge is 2.24. The lowest BCUT2D eigenvalue weighted by Gasteiger charge is -2.08. The molecule has 3 nitrogen and oxygen atoms in total. The van der Waals surface area contributed by atoms with Crippen LogP contribution in [0.15, 0.2) is 42.5 Å². The van der Waals surface area contributed by atoms with E-state index in [4.69, 9.17) is 23.2 Å². The maximum absolute atomic E-state index is 13.1. The molecule has 0 fully saturated rings. The summed E-state index contributed by atoms with van der Waals surface area (Å²) in [5, 5.41) is 5.27. The van der Waals surface area contributed by atoms with Gasteiger partial charge >= 0.3 is 0 Å². The van der Waals surface area contributed by atoms with Crippen molar-refractivity contribution in [1.29, 1.82) is 0 Å². The minimum Gasteiger partial charge on any atom is -0.288 e. The normalized spacial score (nSPS) is 10.9. The van der Waals surface area contributed by atoms with Crippen molar-refractivity contribution in [1.82, 2.24) is 9.78 Å². The van der Waals surface area contributed by atoms with Gasteiger partial charge in [0, 0.05) is 23.2 Å². The molecule has 24 heavy (non-hydrogen) atoms. The van der Waals surface area contributed by atoms with E-state index in [1.807, 2.05) is 45.2 Å². The number of aryl methyl sites for hydroxylation is 3. The number of carbonyl (C=O) groups is 1. The molecule has 0 saturated carbocycles. The number of aromatic nitrogens is 2. The molecule has 2 aromatic carbocycles. The minimum atomic E-state index is -0.155. The van der Waals surface area contributed by atoms with Gasteiger partial charge in [-0.25, -0.2) is 0 Å². The molecule has 122 valence electrons. The largest absolute Gasteiger partial charge is 0.288 e. The van der Waals surface area contributed by atoms with E-state index in [0.29, 0.717) is 26.9 Å². The number of carbonyl (C=O) groups excluding carboxylic acids is 1. The Morgan fingerprint density at radius 2 is 1.71 bits per heavy atom. The molecule has 0 saturated heterocycles. The third kappa shape index (κ3) is 2.97. The van der Waals surface area contributed by atoms with Gasteiger partial charge in [-0.2, -0.15) is 5.10 Å². The lowest BCUT2D eigenvalue weighted by Crippen LogP contribution is -2.06. The molecular weight excluding hydrogens is 343 g/mol. The molecule has 0 aliphatic heterocycles. The zero-order chi connectivity index (χ0) is 17.4. The average molecular weight is 359 g/mol. The molecule has 0 radical (unpaired) electrons. The van der Waals surface area contributed by atoms with Gasteiger partial charge in [0.25, 0.3) is 0 Å². The second-order valence-corrected chi connectivity index (χ2v) is 6.60. The molecule has 0 amide bonds. The highest BCUT2D eigenvalue weighted by atomic mass is 35.5. The summed E-state index contributed by atoms with van der Waals surface area (Å²) in [5.74, 6) is -0.155. The SMILES string of the molecule is Cc1ccc(-c2c(C(=O)c3ccc(Cl)cc3Cl)c(C)nn2C)cc1. The number of hydrogen-bond acceptors (Lipinski definition) is 2. The van der Waals surface area contributed by atoms with Gasteiger partial charge in [0.2, 0.25) is 0 Å². The van der Waals surface area contributed by atoms with Crippen molar-refractivity contribution < 1.29 is 4.79 Å². The van der Waals surface area contributed by atoms with Crippen LogP contribution in [0, 0.1) is 13.8 Å². The standard InChI is InChI=1S/C19H16Cl2N2O/c1-11-4-6-13(7-5-11)18-17(12(2)22-23(18)3)19(24)15-9-8-14(20)10-16(15)21/h4-10H,1-3H3. The van der Waals surface area contributed by atoms with Crippen LogP contribution in [0.5, 0.6) is 0 Å². The van der Waals surface area contributed by atoms with E-state index in [1.165, 1.54) is 0 Å². The lowest BCUT2D eigenvalue weighted by molar-refractivity contribution is 0.103. The topological polar surface area (TPSA) is 34.9 Å². The molecule has 0 aliphatic carbocycles. The molecule has 0 spiro atoms. The molecule has 1 heterocycles.